The van der Waals surface area contributed by atoms with E-state index in [0.29, 0.717) is 0 Å². The van der Waals surface area contributed by atoms with Gasteiger partial charge in [0.25, 0.3) is 0 Å². The molecule has 0 N–H and O–H groups in total. The summed E-state index contributed by atoms with van der Waals surface area (Å²) in [6, 6.07) is 2.93. The summed E-state index contributed by atoms with van der Waals surface area (Å²) in [7, 11) is 0. The van der Waals surface area contributed by atoms with Crippen molar-refractivity contribution >= 4 is 0 Å². The fourth-order valence-corrected chi connectivity index (χ4v) is 2.40. The van der Waals surface area contributed by atoms with Gasteiger partial charge >= 0.3 is 0 Å². The van der Waals surface area contributed by atoms with E-state index in [1.807, 2.05) is 6.20 Å². The molecule has 1 aromatic rings. The molecule has 1 saturated carbocycles. The van der Waals surface area contributed by atoms with Crippen molar-refractivity contribution in [3.63, 3.8) is 0 Å². The van der Waals surface area contributed by atoms with E-state index in [1.54, 1.807) is 0 Å². The highest BCUT2D eigenvalue weighted by Crippen LogP contribution is 2.47. The predicted molar refractivity (Wildman–Crippen MR) is 37.9 cm³/mol. The van der Waals surface area contributed by atoms with Crippen LogP contribution in [0.3, 0.4) is 0 Å². The van der Waals surface area contributed by atoms with Gasteiger partial charge < -0.3 is 0 Å². The number of rotatable bonds is 0. The molecule has 3 rings (SSSR count). The summed E-state index contributed by atoms with van der Waals surface area (Å²) in [5.74, 6) is 0.854. The van der Waals surface area contributed by atoms with Gasteiger partial charge in [0.05, 0.1) is 6.04 Å². The smallest absolute Gasteiger partial charge is 0.0529 e. The van der Waals surface area contributed by atoms with Crippen LogP contribution in [0.1, 0.15) is 36.9 Å². The van der Waals surface area contributed by atoms with Gasteiger partial charge in [0.15, 0.2) is 0 Å². The van der Waals surface area contributed by atoms with Crippen LogP contribution >= 0.6 is 0 Å². The molecule has 1 aliphatic carbocycles. The summed E-state index contributed by atoms with van der Waals surface area (Å²) in [5.41, 5.74) is 1.48. The van der Waals surface area contributed by atoms with Gasteiger partial charge in [0.1, 0.15) is 0 Å². The first-order valence-electron chi connectivity index (χ1n) is 3.98. The minimum absolute atomic E-state index is 0.759. The first kappa shape index (κ1) is 4.94. The van der Waals surface area contributed by atoms with E-state index in [1.165, 1.54) is 25.0 Å². The molecule has 2 nitrogen and oxygen atoms in total. The summed E-state index contributed by atoms with van der Waals surface area (Å²) in [6.07, 6.45) is 6.05. The molecule has 2 heteroatoms. The summed E-state index contributed by atoms with van der Waals surface area (Å²) < 4.78 is 2.22. The van der Waals surface area contributed by atoms with Crippen molar-refractivity contribution in [3.05, 3.63) is 18.0 Å². The van der Waals surface area contributed by atoms with Crippen molar-refractivity contribution in [2.75, 3.05) is 0 Å². The number of hydrogen-bond acceptors (Lipinski definition) is 1. The Morgan fingerprint density at radius 3 is 3.40 bits per heavy atom. The fraction of sp³-hybridized carbons (Fsp3) is 0.625. The van der Waals surface area contributed by atoms with E-state index in [0.717, 1.165) is 12.0 Å². The van der Waals surface area contributed by atoms with Gasteiger partial charge in [-0.3, -0.25) is 4.68 Å². The molecule has 52 valence electrons. The van der Waals surface area contributed by atoms with Crippen molar-refractivity contribution in [1.82, 2.24) is 9.78 Å². The Hall–Kier alpha value is -0.790. The van der Waals surface area contributed by atoms with Crippen LogP contribution in [0.15, 0.2) is 12.3 Å². The van der Waals surface area contributed by atoms with Gasteiger partial charge in [-0.1, -0.05) is 0 Å². The maximum absolute atomic E-state index is 4.30. The lowest BCUT2D eigenvalue weighted by atomic mass is 10.1. The average molecular weight is 134 g/mol. The van der Waals surface area contributed by atoms with E-state index in [-0.39, 0.29) is 0 Å². The second-order valence-electron chi connectivity index (χ2n) is 3.36. The third-order valence-electron chi connectivity index (χ3n) is 2.87. The Morgan fingerprint density at radius 2 is 2.50 bits per heavy atom. The maximum Gasteiger partial charge on any atom is 0.0529 e. The third-order valence-corrected chi connectivity index (χ3v) is 2.87. The number of fused-ring (bicyclic) bond motifs is 5. The summed E-state index contributed by atoms with van der Waals surface area (Å²) >= 11 is 0. The zero-order chi connectivity index (χ0) is 6.55. The molecule has 0 saturated heterocycles. The molecule has 0 aromatic carbocycles. The Bertz CT molecular complexity index is 239. The van der Waals surface area contributed by atoms with Crippen molar-refractivity contribution in [2.24, 2.45) is 0 Å². The van der Waals surface area contributed by atoms with Gasteiger partial charge in [-0.15, -0.1) is 0 Å². The molecule has 1 fully saturated rings. The average Bonchev–Trinajstić information content (AvgIpc) is 2.60. The van der Waals surface area contributed by atoms with Crippen molar-refractivity contribution in [1.29, 1.82) is 0 Å². The molecule has 0 radical (unpaired) electrons. The van der Waals surface area contributed by atoms with Gasteiger partial charge in [-0.2, -0.15) is 5.10 Å². The molecule has 1 aromatic heterocycles. The zero-order valence-corrected chi connectivity index (χ0v) is 5.83. The summed E-state index contributed by atoms with van der Waals surface area (Å²) in [5, 5.41) is 4.30. The van der Waals surface area contributed by atoms with Gasteiger partial charge in [0, 0.05) is 17.8 Å². The zero-order valence-electron chi connectivity index (χ0n) is 5.83. The lowest BCUT2D eigenvalue weighted by molar-refractivity contribution is 0.476. The Balaban J connectivity index is 2.25. The van der Waals surface area contributed by atoms with E-state index in [4.69, 9.17) is 0 Å². The summed E-state index contributed by atoms with van der Waals surface area (Å²) in [6.45, 7) is 0. The molecule has 2 heterocycles. The van der Waals surface area contributed by atoms with Crippen LogP contribution < -0.4 is 0 Å². The molecular formula is C8H10N2. The number of nitrogens with zero attached hydrogens (tertiary/aromatic N) is 2. The Kier molecular flexibility index (Phi) is 0.712. The number of hydrogen-bond donors (Lipinski definition) is 0. The maximum atomic E-state index is 4.30. The van der Waals surface area contributed by atoms with E-state index >= 15 is 0 Å². The van der Waals surface area contributed by atoms with Crippen LogP contribution in [-0.4, -0.2) is 9.78 Å². The minimum atomic E-state index is 0.759. The topological polar surface area (TPSA) is 17.8 Å². The molecule has 2 aliphatic rings. The highest BCUT2D eigenvalue weighted by atomic mass is 15.3. The molecule has 0 unspecified atom stereocenters. The first-order valence-corrected chi connectivity index (χ1v) is 3.98. The van der Waals surface area contributed by atoms with Crippen molar-refractivity contribution in [3.8, 4) is 0 Å². The normalized spacial score (nSPS) is 34.8. The summed E-state index contributed by atoms with van der Waals surface area (Å²) in [4.78, 5) is 0. The van der Waals surface area contributed by atoms with Crippen molar-refractivity contribution in [2.45, 2.75) is 31.2 Å². The molecule has 1 aliphatic heterocycles. The monoisotopic (exact) mass is 134 g/mol. The fourth-order valence-electron chi connectivity index (χ4n) is 2.40. The molecule has 0 amide bonds. The highest BCUT2D eigenvalue weighted by Gasteiger charge is 2.36. The van der Waals surface area contributed by atoms with Gasteiger partial charge in [-0.25, -0.2) is 0 Å². The molecule has 0 spiro atoms. The molecular weight excluding hydrogens is 124 g/mol. The number of aromatic nitrogens is 2. The van der Waals surface area contributed by atoms with Crippen LogP contribution in [0, 0.1) is 0 Å². The molecule has 2 atom stereocenters. The van der Waals surface area contributed by atoms with E-state index in [2.05, 4.69) is 15.8 Å². The van der Waals surface area contributed by atoms with Crippen molar-refractivity contribution < 1.29 is 0 Å². The van der Waals surface area contributed by atoms with Gasteiger partial charge in [-0.05, 0) is 25.3 Å². The highest BCUT2D eigenvalue weighted by molar-refractivity contribution is 5.17. The quantitative estimate of drug-likeness (QED) is 0.528. The Morgan fingerprint density at radius 1 is 1.50 bits per heavy atom. The van der Waals surface area contributed by atoms with E-state index in [9.17, 15) is 0 Å². The van der Waals surface area contributed by atoms with Crippen LogP contribution in [-0.2, 0) is 0 Å². The molecule has 2 bridgehead atoms. The minimum Gasteiger partial charge on any atom is -0.266 e. The second kappa shape index (κ2) is 1.44. The SMILES string of the molecule is c1cc2n(n1)[C@@H]1CC[C@H]2C1. The van der Waals surface area contributed by atoms with Crippen LogP contribution in [0.5, 0.6) is 0 Å². The largest absolute Gasteiger partial charge is 0.266 e. The predicted octanol–water partition coefficient (Wildman–Crippen LogP) is 1.71. The second-order valence-corrected chi connectivity index (χ2v) is 3.36. The Labute approximate surface area is 59.9 Å². The van der Waals surface area contributed by atoms with Gasteiger partial charge in [0.2, 0.25) is 0 Å². The van der Waals surface area contributed by atoms with Crippen LogP contribution in [0.4, 0.5) is 0 Å². The lowest BCUT2D eigenvalue weighted by Gasteiger charge is -2.11. The lowest BCUT2D eigenvalue weighted by Crippen LogP contribution is -2.06. The third kappa shape index (κ3) is 0.405. The van der Waals surface area contributed by atoms with E-state index < -0.39 is 0 Å². The van der Waals surface area contributed by atoms with Crippen LogP contribution in [0.25, 0.3) is 0 Å². The first-order chi connectivity index (χ1) is 4.95. The standard InChI is InChI=1S/C8H10N2/c1-2-7-5-6(1)8-3-4-9-10(7)8/h3-4,6-7H,1-2,5H2/t6-,7+/m0/s1. The molecule has 10 heavy (non-hydrogen) atoms. The van der Waals surface area contributed by atoms with Crippen LogP contribution in [0.2, 0.25) is 0 Å².